The third kappa shape index (κ3) is 4.35. The van der Waals surface area contributed by atoms with Gasteiger partial charge in [0.1, 0.15) is 11.6 Å². The summed E-state index contributed by atoms with van der Waals surface area (Å²) in [6.45, 7) is 4.19. The van der Waals surface area contributed by atoms with Crippen molar-refractivity contribution < 1.29 is 14.6 Å². The van der Waals surface area contributed by atoms with Crippen LogP contribution >= 0.6 is 27.7 Å². The second kappa shape index (κ2) is 7.46. The summed E-state index contributed by atoms with van der Waals surface area (Å²) in [5.74, 6) is 0.0355. The molecule has 2 rings (SSSR count). The standard InChI is InChI=1S/C14H14BrN3O3S/c1-3-21-11-5-4-9(6-10(11)15)7-12(13(19)20)22-14-16-8(2)17-18-14/h4-7H,3H2,1-2H3,(H,19,20)(H,16,17,18)/p-1/b12-7-. The number of aromatic nitrogens is 3. The van der Waals surface area contributed by atoms with Crippen LogP contribution in [0.1, 0.15) is 18.3 Å². The molecule has 0 spiro atoms. The van der Waals surface area contributed by atoms with E-state index < -0.39 is 5.97 Å². The maximum absolute atomic E-state index is 11.3. The first-order valence-electron chi connectivity index (χ1n) is 6.42. The molecular formula is C14H13BrN3O3S-. The number of carbonyl (C=O) groups excluding carboxylic acids is 1. The summed E-state index contributed by atoms with van der Waals surface area (Å²) >= 11 is 4.32. The minimum atomic E-state index is -1.28. The van der Waals surface area contributed by atoms with E-state index in [2.05, 4.69) is 31.1 Å². The molecule has 0 unspecified atom stereocenters. The normalized spacial score (nSPS) is 11.5. The van der Waals surface area contributed by atoms with E-state index in [0.29, 0.717) is 28.9 Å². The Morgan fingerprint density at radius 1 is 1.55 bits per heavy atom. The van der Waals surface area contributed by atoms with Gasteiger partial charge in [0.2, 0.25) is 5.16 Å². The van der Waals surface area contributed by atoms with Crippen molar-refractivity contribution in [3.05, 3.63) is 39.0 Å². The summed E-state index contributed by atoms with van der Waals surface area (Å²) in [6, 6.07) is 5.31. The molecule has 0 saturated carbocycles. The molecular weight excluding hydrogens is 370 g/mol. The van der Waals surface area contributed by atoms with Crippen LogP contribution in [0, 0.1) is 6.92 Å². The average molecular weight is 383 g/mol. The lowest BCUT2D eigenvalue weighted by molar-refractivity contribution is -0.297. The largest absolute Gasteiger partial charge is 0.544 e. The van der Waals surface area contributed by atoms with Gasteiger partial charge in [0, 0.05) is 4.91 Å². The van der Waals surface area contributed by atoms with E-state index in [0.717, 1.165) is 16.2 Å². The van der Waals surface area contributed by atoms with E-state index in [9.17, 15) is 9.90 Å². The monoisotopic (exact) mass is 382 g/mol. The Morgan fingerprint density at radius 2 is 2.32 bits per heavy atom. The SMILES string of the molecule is CCOc1ccc(/C=C(\Sc2n[nH]c(C)n2)C(=O)[O-])cc1Br. The molecule has 116 valence electrons. The van der Waals surface area contributed by atoms with E-state index >= 15 is 0 Å². The van der Waals surface area contributed by atoms with Gasteiger partial charge in [-0.3, -0.25) is 5.10 Å². The number of carboxylic acid groups (broad SMARTS) is 1. The van der Waals surface area contributed by atoms with Crippen LogP contribution in [0.3, 0.4) is 0 Å². The van der Waals surface area contributed by atoms with Gasteiger partial charge < -0.3 is 14.6 Å². The Labute approximate surface area is 140 Å². The second-order valence-electron chi connectivity index (χ2n) is 4.22. The summed E-state index contributed by atoms with van der Waals surface area (Å²) in [4.78, 5) is 15.4. The van der Waals surface area contributed by atoms with Crippen molar-refractivity contribution in [1.29, 1.82) is 0 Å². The Balaban J connectivity index is 2.26. The van der Waals surface area contributed by atoms with Gasteiger partial charge in [0.25, 0.3) is 0 Å². The van der Waals surface area contributed by atoms with E-state index in [4.69, 9.17) is 4.74 Å². The molecule has 0 bridgehead atoms. The topological polar surface area (TPSA) is 90.9 Å². The fourth-order valence-electron chi connectivity index (χ4n) is 1.63. The summed E-state index contributed by atoms with van der Waals surface area (Å²) in [5, 5.41) is 18.2. The average Bonchev–Trinajstić information content (AvgIpc) is 2.86. The quantitative estimate of drug-likeness (QED) is 0.607. The zero-order chi connectivity index (χ0) is 16.1. The van der Waals surface area contributed by atoms with Crippen LogP contribution in [0.5, 0.6) is 5.75 Å². The number of aryl methyl sites for hydroxylation is 1. The second-order valence-corrected chi connectivity index (χ2v) is 6.09. The maximum Gasteiger partial charge on any atom is 0.213 e. The van der Waals surface area contributed by atoms with Crippen LogP contribution < -0.4 is 9.84 Å². The molecule has 0 fully saturated rings. The molecule has 0 radical (unpaired) electrons. The fraction of sp³-hybridized carbons (Fsp3) is 0.214. The van der Waals surface area contributed by atoms with Gasteiger partial charge in [-0.2, -0.15) is 0 Å². The molecule has 1 aromatic carbocycles. The highest BCUT2D eigenvalue weighted by Crippen LogP contribution is 2.29. The van der Waals surface area contributed by atoms with Gasteiger partial charge in [-0.15, -0.1) is 5.10 Å². The van der Waals surface area contributed by atoms with Crippen molar-refractivity contribution in [2.24, 2.45) is 0 Å². The Morgan fingerprint density at radius 3 is 2.86 bits per heavy atom. The predicted molar refractivity (Wildman–Crippen MR) is 85.3 cm³/mol. The molecule has 1 N–H and O–H groups in total. The zero-order valence-corrected chi connectivity index (χ0v) is 14.3. The Kier molecular flexibility index (Phi) is 5.62. The van der Waals surface area contributed by atoms with Gasteiger partial charge in [0.05, 0.1) is 17.0 Å². The molecule has 8 heteroatoms. The number of hydrogen-bond acceptors (Lipinski definition) is 6. The molecule has 6 nitrogen and oxygen atoms in total. The van der Waals surface area contributed by atoms with Crippen molar-refractivity contribution in [3.8, 4) is 5.75 Å². The number of hydrogen-bond donors (Lipinski definition) is 1. The van der Waals surface area contributed by atoms with Gasteiger partial charge in [0.15, 0.2) is 0 Å². The first-order valence-corrected chi connectivity index (χ1v) is 8.02. The summed E-state index contributed by atoms with van der Waals surface area (Å²) in [6.07, 6.45) is 1.51. The summed E-state index contributed by atoms with van der Waals surface area (Å²) < 4.78 is 6.17. The molecule has 1 heterocycles. The van der Waals surface area contributed by atoms with Crippen LogP contribution in [0.2, 0.25) is 0 Å². The van der Waals surface area contributed by atoms with Gasteiger partial charge in [-0.25, -0.2) is 4.98 Å². The van der Waals surface area contributed by atoms with E-state index in [-0.39, 0.29) is 4.91 Å². The number of benzene rings is 1. The van der Waals surface area contributed by atoms with Crippen molar-refractivity contribution in [2.45, 2.75) is 19.0 Å². The van der Waals surface area contributed by atoms with Crippen LogP contribution in [0.4, 0.5) is 0 Å². The van der Waals surface area contributed by atoms with Crippen LogP contribution in [-0.4, -0.2) is 27.8 Å². The van der Waals surface area contributed by atoms with Crippen molar-refractivity contribution in [3.63, 3.8) is 0 Å². The minimum Gasteiger partial charge on any atom is -0.544 e. The number of ether oxygens (including phenoxy) is 1. The predicted octanol–water partition coefficient (Wildman–Crippen LogP) is 2.16. The van der Waals surface area contributed by atoms with Crippen LogP contribution in [0.15, 0.2) is 32.7 Å². The lowest BCUT2D eigenvalue weighted by atomic mass is 10.2. The maximum atomic E-state index is 11.3. The molecule has 0 aliphatic rings. The molecule has 0 saturated heterocycles. The number of carbonyl (C=O) groups is 1. The third-order valence-corrected chi connectivity index (χ3v) is 4.02. The molecule has 1 aromatic heterocycles. The first-order chi connectivity index (χ1) is 10.5. The van der Waals surface area contributed by atoms with Crippen LogP contribution in [0.25, 0.3) is 6.08 Å². The number of nitrogens with zero attached hydrogens (tertiary/aromatic N) is 2. The smallest absolute Gasteiger partial charge is 0.213 e. The number of carboxylic acids is 1. The number of H-pyrrole nitrogens is 1. The van der Waals surface area contributed by atoms with E-state index in [1.165, 1.54) is 6.08 Å². The van der Waals surface area contributed by atoms with Gasteiger partial charge in [-0.1, -0.05) is 6.07 Å². The highest BCUT2D eigenvalue weighted by atomic mass is 79.9. The Hall–Kier alpha value is -1.80. The summed E-state index contributed by atoms with van der Waals surface area (Å²) in [5.41, 5.74) is 0.703. The molecule has 22 heavy (non-hydrogen) atoms. The molecule has 0 aliphatic heterocycles. The van der Waals surface area contributed by atoms with Gasteiger partial charge in [-0.05, 0) is 65.3 Å². The molecule has 2 aromatic rings. The lowest BCUT2D eigenvalue weighted by Gasteiger charge is -2.08. The molecule has 0 aliphatic carbocycles. The molecule has 0 amide bonds. The number of nitrogens with one attached hydrogen (secondary N) is 1. The number of thioether (sulfide) groups is 1. The Bertz CT molecular complexity index is 715. The lowest BCUT2D eigenvalue weighted by Crippen LogP contribution is -2.23. The van der Waals surface area contributed by atoms with Gasteiger partial charge >= 0.3 is 0 Å². The van der Waals surface area contributed by atoms with Crippen molar-refractivity contribution >= 4 is 39.7 Å². The van der Waals surface area contributed by atoms with Crippen molar-refractivity contribution in [1.82, 2.24) is 15.2 Å². The third-order valence-electron chi connectivity index (χ3n) is 2.53. The first kappa shape index (κ1) is 16.6. The number of halogens is 1. The fourth-order valence-corrected chi connectivity index (χ4v) is 2.89. The van der Waals surface area contributed by atoms with Crippen LogP contribution in [-0.2, 0) is 4.79 Å². The van der Waals surface area contributed by atoms with E-state index in [1.54, 1.807) is 25.1 Å². The minimum absolute atomic E-state index is 0.0232. The van der Waals surface area contributed by atoms with Crippen molar-refractivity contribution in [2.75, 3.05) is 6.61 Å². The number of aromatic amines is 1. The number of aliphatic carboxylic acids is 1. The van der Waals surface area contributed by atoms with E-state index in [1.807, 2.05) is 6.92 Å². The number of rotatable bonds is 6. The highest BCUT2D eigenvalue weighted by Gasteiger charge is 2.08. The summed E-state index contributed by atoms with van der Waals surface area (Å²) in [7, 11) is 0. The highest BCUT2D eigenvalue weighted by molar-refractivity contribution is 9.10. The molecule has 0 atom stereocenters. The zero-order valence-electron chi connectivity index (χ0n) is 11.9.